The number of ether oxygens (including phenoxy) is 2. The molecule has 0 atom stereocenters. The van der Waals surface area contributed by atoms with Crippen LogP contribution in [0.3, 0.4) is 0 Å². The summed E-state index contributed by atoms with van der Waals surface area (Å²) >= 11 is 8.48. The van der Waals surface area contributed by atoms with Gasteiger partial charge in [0, 0.05) is 23.0 Å². The maximum atomic E-state index is 12.7. The highest BCUT2D eigenvalue weighted by molar-refractivity contribution is 7.99. The van der Waals surface area contributed by atoms with E-state index in [2.05, 4.69) is 15.5 Å². The van der Waals surface area contributed by atoms with Gasteiger partial charge >= 0.3 is 5.97 Å². The quantitative estimate of drug-likeness (QED) is 0.217. The molecule has 2 heterocycles. The first-order valence-corrected chi connectivity index (χ1v) is 13.1. The predicted molar refractivity (Wildman–Crippen MR) is 142 cm³/mol. The van der Waals surface area contributed by atoms with E-state index in [1.165, 1.54) is 30.2 Å². The van der Waals surface area contributed by atoms with Crippen LogP contribution in [0, 0.1) is 6.92 Å². The Balaban J connectivity index is 1.39. The van der Waals surface area contributed by atoms with Crippen LogP contribution in [0.1, 0.15) is 21.7 Å². The third kappa shape index (κ3) is 6.07. The fourth-order valence-corrected chi connectivity index (χ4v) is 5.10. The van der Waals surface area contributed by atoms with Crippen LogP contribution in [0.4, 0.5) is 5.00 Å². The van der Waals surface area contributed by atoms with E-state index in [0.29, 0.717) is 32.1 Å². The van der Waals surface area contributed by atoms with Gasteiger partial charge in [-0.1, -0.05) is 53.2 Å². The summed E-state index contributed by atoms with van der Waals surface area (Å²) < 4.78 is 12.5. The maximum absolute atomic E-state index is 12.7. The van der Waals surface area contributed by atoms with E-state index in [1.807, 2.05) is 50.4 Å². The fraction of sp³-hybridized carbons (Fsp3) is 0.200. The van der Waals surface area contributed by atoms with Crippen molar-refractivity contribution < 1.29 is 19.1 Å². The van der Waals surface area contributed by atoms with Crippen molar-refractivity contribution in [1.29, 1.82) is 0 Å². The molecule has 0 saturated carbocycles. The van der Waals surface area contributed by atoms with Crippen LogP contribution in [0.2, 0.25) is 5.02 Å². The molecule has 1 amide bonds. The van der Waals surface area contributed by atoms with Crippen LogP contribution in [-0.2, 0) is 23.2 Å². The van der Waals surface area contributed by atoms with Crippen LogP contribution in [0.15, 0.2) is 59.1 Å². The van der Waals surface area contributed by atoms with E-state index in [0.717, 1.165) is 16.9 Å². The number of aromatic nitrogens is 3. The highest BCUT2D eigenvalue weighted by atomic mass is 35.5. The number of carbonyl (C=O) groups is 2. The zero-order valence-corrected chi connectivity index (χ0v) is 22.2. The molecule has 0 aliphatic heterocycles. The third-order valence-electron chi connectivity index (χ3n) is 5.24. The van der Waals surface area contributed by atoms with E-state index in [9.17, 15) is 9.59 Å². The van der Waals surface area contributed by atoms with Gasteiger partial charge in [-0.2, -0.15) is 0 Å². The van der Waals surface area contributed by atoms with Crippen molar-refractivity contribution in [3.63, 3.8) is 0 Å². The van der Waals surface area contributed by atoms with Crippen LogP contribution in [0.5, 0.6) is 5.75 Å². The maximum Gasteiger partial charge on any atom is 0.341 e. The van der Waals surface area contributed by atoms with Gasteiger partial charge in [-0.25, -0.2) is 4.79 Å². The molecule has 186 valence electrons. The summed E-state index contributed by atoms with van der Waals surface area (Å²) in [5, 5.41) is 14.6. The smallest absolute Gasteiger partial charge is 0.341 e. The number of anilines is 1. The molecular formula is C25H23ClN4O4S2. The molecule has 0 radical (unpaired) electrons. The van der Waals surface area contributed by atoms with Gasteiger partial charge in [0.25, 0.3) is 0 Å². The lowest BCUT2D eigenvalue weighted by molar-refractivity contribution is -0.113. The Morgan fingerprint density at radius 3 is 2.53 bits per heavy atom. The normalized spacial score (nSPS) is 10.8. The number of amides is 1. The summed E-state index contributed by atoms with van der Waals surface area (Å²) in [5.41, 5.74) is 2.92. The Hall–Kier alpha value is -3.34. The molecular weight excluding hydrogens is 520 g/mol. The summed E-state index contributed by atoms with van der Waals surface area (Å²) in [6.45, 7) is 2.27. The molecule has 36 heavy (non-hydrogen) atoms. The van der Waals surface area contributed by atoms with Gasteiger partial charge in [0.05, 0.1) is 12.9 Å². The van der Waals surface area contributed by atoms with E-state index >= 15 is 0 Å². The zero-order valence-electron chi connectivity index (χ0n) is 19.8. The van der Waals surface area contributed by atoms with Gasteiger partial charge in [0.15, 0.2) is 11.0 Å². The number of thioether (sulfide) groups is 1. The van der Waals surface area contributed by atoms with E-state index in [-0.39, 0.29) is 18.3 Å². The number of carbonyl (C=O) groups excluding carboxylic acids is 2. The minimum Gasteiger partial charge on any atom is -0.486 e. The van der Waals surface area contributed by atoms with Crippen molar-refractivity contribution in [2.75, 3.05) is 18.2 Å². The SMILES string of the molecule is COC(=O)c1c(-c2ccc(Cl)cc2)csc1NC(=O)CSc1nnc(COc2ccc(C)cc2)n1C. The molecule has 0 aliphatic carbocycles. The highest BCUT2D eigenvalue weighted by Crippen LogP contribution is 2.36. The molecule has 1 N–H and O–H groups in total. The van der Waals surface area contributed by atoms with Crippen LogP contribution in [0.25, 0.3) is 11.1 Å². The molecule has 0 unspecified atom stereocenters. The number of rotatable bonds is 9. The average molecular weight is 543 g/mol. The Morgan fingerprint density at radius 2 is 1.83 bits per heavy atom. The van der Waals surface area contributed by atoms with Crippen molar-refractivity contribution in [2.45, 2.75) is 18.7 Å². The van der Waals surface area contributed by atoms with Crippen molar-refractivity contribution >= 4 is 51.6 Å². The van der Waals surface area contributed by atoms with E-state index < -0.39 is 5.97 Å². The molecule has 4 aromatic rings. The zero-order chi connectivity index (χ0) is 25.7. The number of hydrogen-bond acceptors (Lipinski definition) is 8. The number of methoxy groups -OCH3 is 1. The molecule has 0 fully saturated rings. The van der Waals surface area contributed by atoms with Gasteiger partial charge in [0.1, 0.15) is 22.9 Å². The monoisotopic (exact) mass is 542 g/mol. The van der Waals surface area contributed by atoms with Crippen molar-refractivity contribution in [2.24, 2.45) is 7.05 Å². The number of esters is 1. The number of hydrogen-bond donors (Lipinski definition) is 1. The summed E-state index contributed by atoms with van der Waals surface area (Å²) in [4.78, 5) is 25.2. The molecule has 8 nitrogen and oxygen atoms in total. The van der Waals surface area contributed by atoms with E-state index in [4.69, 9.17) is 21.1 Å². The molecule has 0 saturated heterocycles. The van der Waals surface area contributed by atoms with Gasteiger partial charge < -0.3 is 19.4 Å². The Morgan fingerprint density at radius 1 is 1.11 bits per heavy atom. The van der Waals surface area contributed by atoms with Crippen LogP contribution < -0.4 is 10.1 Å². The largest absolute Gasteiger partial charge is 0.486 e. The number of nitrogens with one attached hydrogen (secondary N) is 1. The lowest BCUT2D eigenvalue weighted by atomic mass is 10.0. The van der Waals surface area contributed by atoms with Crippen molar-refractivity contribution in [1.82, 2.24) is 14.8 Å². The van der Waals surface area contributed by atoms with Gasteiger partial charge in [0.2, 0.25) is 5.91 Å². The fourth-order valence-electron chi connectivity index (χ4n) is 3.27. The summed E-state index contributed by atoms with van der Waals surface area (Å²) in [7, 11) is 3.13. The minimum atomic E-state index is -0.532. The lowest BCUT2D eigenvalue weighted by Gasteiger charge is -2.08. The van der Waals surface area contributed by atoms with Crippen LogP contribution >= 0.6 is 34.7 Å². The second kappa shape index (κ2) is 11.6. The highest BCUT2D eigenvalue weighted by Gasteiger charge is 2.23. The van der Waals surface area contributed by atoms with Crippen LogP contribution in [-0.4, -0.2) is 39.5 Å². The first kappa shape index (κ1) is 25.7. The first-order chi connectivity index (χ1) is 17.4. The molecule has 0 bridgehead atoms. The minimum absolute atomic E-state index is 0.0829. The van der Waals surface area contributed by atoms with Crippen molar-refractivity contribution in [3.05, 3.63) is 75.9 Å². The number of benzene rings is 2. The summed E-state index contributed by atoms with van der Waals surface area (Å²) in [5.74, 6) is 0.648. The second-order valence-corrected chi connectivity index (χ2v) is 10.0. The average Bonchev–Trinajstić information content (AvgIpc) is 3.45. The molecule has 2 aromatic heterocycles. The molecule has 2 aromatic carbocycles. The molecule has 0 aliphatic rings. The van der Waals surface area contributed by atoms with Gasteiger partial charge in [-0.3, -0.25) is 4.79 Å². The number of nitrogens with zero attached hydrogens (tertiary/aromatic N) is 3. The number of thiophene rings is 1. The first-order valence-electron chi connectivity index (χ1n) is 10.8. The van der Waals surface area contributed by atoms with Gasteiger partial charge in [-0.15, -0.1) is 21.5 Å². The standard InChI is InChI=1S/C25H23ClN4O4S2/c1-15-4-10-18(11-5-15)34-12-20-28-29-25(30(20)2)36-14-21(31)27-23-22(24(32)33-3)19(13-35-23)16-6-8-17(26)9-7-16/h4-11,13H,12,14H2,1-3H3,(H,27,31). The van der Waals surface area contributed by atoms with Crippen molar-refractivity contribution in [3.8, 4) is 16.9 Å². The Bertz CT molecular complexity index is 1370. The summed E-state index contributed by atoms with van der Waals surface area (Å²) in [6, 6.07) is 14.9. The van der Waals surface area contributed by atoms with E-state index in [1.54, 1.807) is 22.1 Å². The summed E-state index contributed by atoms with van der Waals surface area (Å²) in [6.07, 6.45) is 0. The number of halogens is 1. The Kier molecular flexibility index (Phi) is 8.29. The number of aryl methyl sites for hydroxylation is 1. The molecule has 4 rings (SSSR count). The predicted octanol–water partition coefficient (Wildman–Crippen LogP) is 5.60. The molecule has 11 heteroatoms. The lowest BCUT2D eigenvalue weighted by Crippen LogP contribution is -2.16. The third-order valence-corrected chi connectivity index (χ3v) is 7.40. The Labute approximate surface area is 221 Å². The topological polar surface area (TPSA) is 95.3 Å². The molecule has 0 spiro atoms. The second-order valence-electron chi connectivity index (χ2n) is 7.75. The van der Waals surface area contributed by atoms with Gasteiger partial charge in [-0.05, 0) is 36.8 Å².